The first kappa shape index (κ1) is 15.7. The van der Waals surface area contributed by atoms with E-state index in [4.69, 9.17) is 4.74 Å². The number of benzene rings is 1. The molecule has 0 atom stereocenters. The Labute approximate surface area is 127 Å². The molecule has 2 rings (SSSR count). The first-order valence-electron chi connectivity index (χ1n) is 6.20. The highest BCUT2D eigenvalue weighted by Crippen LogP contribution is 2.20. The highest BCUT2D eigenvalue weighted by molar-refractivity contribution is 7.91. The monoisotopic (exact) mass is 325 g/mol. The van der Waals surface area contributed by atoms with Crippen molar-refractivity contribution < 1.29 is 17.9 Å². The zero-order chi connectivity index (χ0) is 15.5. The van der Waals surface area contributed by atoms with Gasteiger partial charge < -0.3 is 4.74 Å². The van der Waals surface area contributed by atoms with Crippen LogP contribution >= 0.6 is 11.3 Å². The van der Waals surface area contributed by atoms with Crippen molar-refractivity contribution >= 4 is 27.3 Å². The molecule has 0 fully saturated rings. The van der Waals surface area contributed by atoms with E-state index in [1.807, 2.05) is 13.8 Å². The molecule has 0 saturated carbocycles. The first-order chi connectivity index (χ1) is 9.87. The lowest BCUT2D eigenvalue weighted by Crippen LogP contribution is -2.31. The van der Waals surface area contributed by atoms with Gasteiger partial charge in [0.15, 0.2) is 0 Å². The molecular formula is C14H15NO4S2. The molecule has 0 radical (unpaired) electrons. The fraction of sp³-hybridized carbons (Fsp3) is 0.214. The van der Waals surface area contributed by atoms with E-state index in [0.717, 1.165) is 21.8 Å². The fourth-order valence-electron chi connectivity index (χ4n) is 1.56. The summed E-state index contributed by atoms with van der Waals surface area (Å²) >= 11 is 1.15. The molecule has 1 aromatic carbocycles. The number of sulfonamides is 1. The van der Waals surface area contributed by atoms with Gasteiger partial charge in [0, 0.05) is 4.88 Å². The maximum Gasteiger partial charge on any atom is 0.326 e. The van der Waals surface area contributed by atoms with Crippen LogP contribution in [0, 0.1) is 13.8 Å². The van der Waals surface area contributed by atoms with Crippen LogP contribution in [0.1, 0.15) is 10.4 Å². The molecule has 0 amide bonds. The summed E-state index contributed by atoms with van der Waals surface area (Å²) in [5.74, 6) is -0.271. The second kappa shape index (κ2) is 6.38. The van der Waals surface area contributed by atoms with Crippen LogP contribution in [0.3, 0.4) is 0 Å². The normalized spacial score (nSPS) is 11.3. The van der Waals surface area contributed by atoms with E-state index in [1.165, 1.54) is 6.07 Å². The third-order valence-electron chi connectivity index (χ3n) is 2.64. The van der Waals surface area contributed by atoms with Gasteiger partial charge in [-0.05, 0) is 38.1 Å². The average molecular weight is 325 g/mol. The number of ether oxygens (including phenoxy) is 1. The summed E-state index contributed by atoms with van der Waals surface area (Å²) in [5, 5.41) is 0. The molecule has 1 N–H and O–H groups in total. The zero-order valence-electron chi connectivity index (χ0n) is 11.6. The predicted molar refractivity (Wildman–Crippen MR) is 81.1 cm³/mol. The van der Waals surface area contributed by atoms with Gasteiger partial charge in [-0.3, -0.25) is 4.79 Å². The average Bonchev–Trinajstić information content (AvgIpc) is 2.87. The van der Waals surface area contributed by atoms with Gasteiger partial charge >= 0.3 is 5.97 Å². The number of nitrogens with one attached hydrogen (secondary N) is 1. The molecule has 0 aliphatic carbocycles. The first-order valence-corrected chi connectivity index (χ1v) is 8.50. The van der Waals surface area contributed by atoms with Gasteiger partial charge in [-0.15, -0.1) is 11.3 Å². The Bertz CT molecular complexity index is 733. The minimum Gasteiger partial charge on any atom is -0.426 e. The number of aryl methyl sites for hydroxylation is 2. The van der Waals surface area contributed by atoms with Crippen LogP contribution in [-0.4, -0.2) is 20.9 Å². The molecule has 112 valence electrons. The molecule has 0 saturated heterocycles. The van der Waals surface area contributed by atoms with Gasteiger partial charge in [0.05, 0.1) is 0 Å². The molecule has 0 unspecified atom stereocenters. The molecule has 0 aliphatic heterocycles. The van der Waals surface area contributed by atoms with Crippen LogP contribution in [0.2, 0.25) is 0 Å². The molecule has 7 heteroatoms. The predicted octanol–water partition coefficient (Wildman–Crippen LogP) is 2.25. The zero-order valence-corrected chi connectivity index (χ0v) is 13.3. The summed E-state index contributed by atoms with van der Waals surface area (Å²) in [6.45, 7) is 3.32. The number of carbonyl (C=O) groups excluding carboxylic acids is 1. The maximum atomic E-state index is 11.9. The Hall–Kier alpha value is -1.70. The van der Waals surface area contributed by atoms with Crippen LogP contribution in [0.5, 0.6) is 5.75 Å². The molecule has 1 heterocycles. The van der Waals surface area contributed by atoms with Crippen molar-refractivity contribution in [1.29, 1.82) is 0 Å². The topological polar surface area (TPSA) is 72.5 Å². The van der Waals surface area contributed by atoms with Crippen molar-refractivity contribution in [3.8, 4) is 5.75 Å². The summed E-state index contributed by atoms with van der Waals surface area (Å²) in [4.78, 5) is 12.5. The van der Waals surface area contributed by atoms with Crippen molar-refractivity contribution in [2.24, 2.45) is 0 Å². The van der Waals surface area contributed by atoms with E-state index in [2.05, 4.69) is 4.72 Å². The Kier molecular flexibility index (Phi) is 4.76. The highest BCUT2D eigenvalue weighted by atomic mass is 32.2. The van der Waals surface area contributed by atoms with E-state index < -0.39 is 22.5 Å². The van der Waals surface area contributed by atoms with Crippen LogP contribution in [-0.2, 0) is 14.8 Å². The smallest absolute Gasteiger partial charge is 0.326 e. The van der Waals surface area contributed by atoms with E-state index in [1.54, 1.807) is 30.3 Å². The van der Waals surface area contributed by atoms with Crippen LogP contribution in [0.15, 0.2) is 40.6 Å². The van der Waals surface area contributed by atoms with Gasteiger partial charge in [-0.2, -0.15) is 4.72 Å². The third kappa shape index (κ3) is 4.38. The number of esters is 1. The Balaban J connectivity index is 1.93. The standard InChI is InChI=1S/C14H15NO4S2/c1-10-3-6-12(7-4-10)19-13(16)9-15-21(17,18)14-8-5-11(2)20-14/h3-8,15H,9H2,1-2H3. The molecule has 0 spiro atoms. The Morgan fingerprint density at radius 1 is 1.14 bits per heavy atom. The lowest BCUT2D eigenvalue weighted by atomic mass is 10.2. The quantitative estimate of drug-likeness (QED) is 0.676. The summed E-state index contributed by atoms with van der Waals surface area (Å²) in [6.07, 6.45) is 0. The summed E-state index contributed by atoms with van der Waals surface area (Å²) in [5.41, 5.74) is 1.04. The molecule has 1 aromatic heterocycles. The lowest BCUT2D eigenvalue weighted by molar-refractivity contribution is -0.133. The Morgan fingerprint density at radius 2 is 1.81 bits per heavy atom. The van der Waals surface area contributed by atoms with Crippen molar-refractivity contribution in [2.75, 3.05) is 6.54 Å². The SMILES string of the molecule is Cc1ccc(OC(=O)CNS(=O)(=O)c2ccc(C)s2)cc1. The van der Waals surface area contributed by atoms with Gasteiger partial charge in [-0.1, -0.05) is 17.7 Å². The number of hydrogen-bond acceptors (Lipinski definition) is 5. The van der Waals surface area contributed by atoms with Gasteiger partial charge in [0.2, 0.25) is 0 Å². The minimum absolute atomic E-state index is 0.183. The summed E-state index contributed by atoms with van der Waals surface area (Å²) in [7, 11) is -3.67. The molecule has 2 aromatic rings. The number of hydrogen-bond donors (Lipinski definition) is 1. The highest BCUT2D eigenvalue weighted by Gasteiger charge is 2.18. The summed E-state index contributed by atoms with van der Waals surface area (Å²) < 4.78 is 31.3. The fourth-order valence-corrected chi connectivity index (χ4v) is 3.85. The summed E-state index contributed by atoms with van der Waals surface area (Å²) in [6, 6.07) is 10.1. The second-order valence-corrected chi connectivity index (χ2v) is 7.76. The van der Waals surface area contributed by atoms with Gasteiger partial charge in [0.25, 0.3) is 10.0 Å². The van der Waals surface area contributed by atoms with E-state index in [0.29, 0.717) is 5.75 Å². The molecule has 21 heavy (non-hydrogen) atoms. The van der Waals surface area contributed by atoms with Gasteiger partial charge in [0.1, 0.15) is 16.5 Å². The van der Waals surface area contributed by atoms with E-state index >= 15 is 0 Å². The Morgan fingerprint density at radius 3 is 2.38 bits per heavy atom. The minimum atomic E-state index is -3.67. The third-order valence-corrected chi connectivity index (χ3v) is 5.53. The maximum absolute atomic E-state index is 11.9. The van der Waals surface area contributed by atoms with Crippen molar-refractivity contribution in [1.82, 2.24) is 4.72 Å². The van der Waals surface area contributed by atoms with E-state index in [-0.39, 0.29) is 4.21 Å². The van der Waals surface area contributed by atoms with Crippen molar-refractivity contribution in [3.63, 3.8) is 0 Å². The number of thiophene rings is 1. The number of carbonyl (C=O) groups is 1. The van der Waals surface area contributed by atoms with Crippen LogP contribution < -0.4 is 9.46 Å². The van der Waals surface area contributed by atoms with Crippen molar-refractivity contribution in [2.45, 2.75) is 18.1 Å². The molecular weight excluding hydrogens is 310 g/mol. The van der Waals surface area contributed by atoms with Crippen molar-refractivity contribution in [3.05, 3.63) is 46.8 Å². The number of rotatable bonds is 5. The lowest BCUT2D eigenvalue weighted by Gasteiger charge is -2.06. The molecule has 5 nitrogen and oxygen atoms in total. The molecule has 0 aliphatic rings. The van der Waals surface area contributed by atoms with E-state index in [9.17, 15) is 13.2 Å². The van der Waals surface area contributed by atoms with Gasteiger partial charge in [-0.25, -0.2) is 8.42 Å². The largest absolute Gasteiger partial charge is 0.426 e. The van der Waals surface area contributed by atoms with Crippen LogP contribution in [0.4, 0.5) is 0 Å². The molecule has 0 bridgehead atoms. The second-order valence-electron chi connectivity index (χ2n) is 4.48. The van der Waals surface area contributed by atoms with Crippen LogP contribution in [0.25, 0.3) is 0 Å².